The third-order valence-corrected chi connectivity index (χ3v) is 1.93. The molecule has 0 rings (SSSR count). The molecule has 0 spiro atoms. The van der Waals surface area contributed by atoms with Gasteiger partial charge in [-0.3, -0.25) is 0 Å². The number of aliphatic hydroxyl groups is 2. The summed E-state index contributed by atoms with van der Waals surface area (Å²) >= 11 is 0. The maximum Gasteiger partial charge on any atom is 0.151 e. The van der Waals surface area contributed by atoms with Crippen LogP contribution in [0.25, 0.3) is 0 Å². The Hall–Kier alpha value is -0.530. The number of hydrogen-bond acceptors (Lipinski definition) is 6. The molecule has 0 bridgehead atoms. The van der Waals surface area contributed by atoms with Crippen molar-refractivity contribution in [1.29, 1.82) is 0 Å². The molecule has 4 atom stereocenters. The van der Waals surface area contributed by atoms with Gasteiger partial charge in [-0.05, 0) is 0 Å². The fourth-order valence-electron chi connectivity index (χ4n) is 1.12. The summed E-state index contributed by atoms with van der Waals surface area (Å²) in [6.07, 6.45) is -4.61. The van der Waals surface area contributed by atoms with Gasteiger partial charge in [-0.1, -0.05) is 0 Å². The molecule has 0 aliphatic carbocycles. The van der Waals surface area contributed by atoms with Crippen LogP contribution in [0.5, 0.6) is 0 Å². The van der Waals surface area contributed by atoms with E-state index in [4.69, 9.17) is 23.4 Å². The van der Waals surface area contributed by atoms with Crippen LogP contribution in [0, 0.1) is 0 Å². The van der Waals surface area contributed by atoms with Gasteiger partial charge in [0, 0.05) is 21.3 Å². The molecule has 0 heterocycles. The molecule has 6 nitrogen and oxygen atoms in total. The Bertz CT molecular complexity index is 220. The lowest BCUT2D eigenvalue weighted by Crippen LogP contribution is -2.49. The SMILES string of the molecule is [2H]CO[C@@H]([C@H](OC[2H])[C@H](C=O)OC[2H])[C@H](O)CO. The van der Waals surface area contributed by atoms with Gasteiger partial charge in [0.15, 0.2) is 6.29 Å². The van der Waals surface area contributed by atoms with Crippen LogP contribution in [0.2, 0.25) is 0 Å². The molecule has 15 heavy (non-hydrogen) atoms. The second-order valence-corrected chi connectivity index (χ2v) is 2.78. The first kappa shape index (κ1) is 9.68. The van der Waals surface area contributed by atoms with E-state index in [1.54, 1.807) is 0 Å². The van der Waals surface area contributed by atoms with Gasteiger partial charge in [0.05, 0.1) is 10.7 Å². The third kappa shape index (κ3) is 3.84. The molecule has 2 N–H and O–H groups in total. The van der Waals surface area contributed by atoms with Crippen molar-refractivity contribution in [2.75, 3.05) is 27.9 Å². The highest BCUT2D eigenvalue weighted by Gasteiger charge is 2.34. The number of carbonyl (C=O) groups excluding carboxylic acids is 1. The molecule has 6 heteroatoms. The minimum Gasteiger partial charge on any atom is -0.394 e. The Morgan fingerprint density at radius 2 is 1.87 bits per heavy atom. The Morgan fingerprint density at radius 1 is 1.27 bits per heavy atom. The number of aliphatic hydroxyl groups excluding tert-OH is 2. The summed E-state index contributed by atoms with van der Waals surface area (Å²) in [6.45, 7) is -0.658. The minimum atomic E-state index is -1.39. The van der Waals surface area contributed by atoms with E-state index in [0.29, 0.717) is 6.29 Å². The Balaban J connectivity index is 4.91. The molecule has 0 aliphatic rings. The lowest BCUT2D eigenvalue weighted by Gasteiger charge is -2.30. The molecule has 0 aromatic heterocycles. The second-order valence-electron chi connectivity index (χ2n) is 2.78. The maximum atomic E-state index is 10.8. The third-order valence-electron chi connectivity index (χ3n) is 1.93. The first-order valence-electron chi connectivity index (χ1n) is 6.25. The average Bonchev–Trinajstić information content (AvgIpc) is 2.39. The van der Waals surface area contributed by atoms with Crippen molar-refractivity contribution in [3.05, 3.63) is 0 Å². The van der Waals surface area contributed by atoms with Crippen LogP contribution in [0.1, 0.15) is 4.11 Å². The molecule has 0 radical (unpaired) electrons. The van der Waals surface area contributed by atoms with Gasteiger partial charge in [0.1, 0.15) is 24.4 Å². The van der Waals surface area contributed by atoms with E-state index in [1.807, 2.05) is 0 Å². The van der Waals surface area contributed by atoms with Crippen LogP contribution in [0.4, 0.5) is 0 Å². The molecule has 90 valence electrons. The lowest BCUT2D eigenvalue weighted by molar-refractivity contribution is -0.155. The molecule has 0 aromatic carbocycles. The summed E-state index contributed by atoms with van der Waals surface area (Å²) in [4.78, 5) is 10.8. The largest absolute Gasteiger partial charge is 0.394 e. The quantitative estimate of drug-likeness (QED) is 0.493. The molecule has 0 saturated heterocycles. The van der Waals surface area contributed by atoms with Crippen LogP contribution < -0.4 is 0 Å². The minimum absolute atomic E-state index is 0.360. The van der Waals surface area contributed by atoms with Gasteiger partial charge < -0.3 is 29.2 Å². The monoisotopic (exact) mass is 225 g/mol. The standard InChI is InChI=1S/C9H18O6/c1-13-7(5-11)9(15-3)8(14-2)6(12)4-10/h5-10,12H,4H2,1-3H3/t6-,7+,8-,9-/m1/s1/i1D,2D,3D. The molecular weight excluding hydrogens is 204 g/mol. The zero-order valence-corrected chi connectivity index (χ0v) is 8.24. The van der Waals surface area contributed by atoms with E-state index in [1.165, 1.54) is 0 Å². The topological polar surface area (TPSA) is 85.2 Å². The Morgan fingerprint density at radius 3 is 2.33 bits per heavy atom. The van der Waals surface area contributed by atoms with Crippen molar-refractivity contribution in [1.82, 2.24) is 0 Å². The van der Waals surface area contributed by atoms with E-state index in [9.17, 15) is 9.90 Å². The zero-order valence-electron chi connectivity index (χ0n) is 11.2. The Kier molecular flexibility index (Phi) is 4.98. The van der Waals surface area contributed by atoms with E-state index in [2.05, 4.69) is 0 Å². The van der Waals surface area contributed by atoms with Gasteiger partial charge >= 0.3 is 0 Å². The molecule has 0 aliphatic heterocycles. The summed E-state index contributed by atoms with van der Waals surface area (Å²) in [5.74, 6) is 0. The van der Waals surface area contributed by atoms with E-state index in [0.717, 1.165) is 0 Å². The van der Waals surface area contributed by atoms with Crippen molar-refractivity contribution in [2.24, 2.45) is 0 Å². The van der Waals surface area contributed by atoms with Crippen LogP contribution in [0.15, 0.2) is 0 Å². The molecule has 0 saturated carbocycles. The molecule has 0 fully saturated rings. The number of aldehydes is 1. The molecule has 0 unspecified atom stereocenters. The average molecular weight is 225 g/mol. The fourth-order valence-corrected chi connectivity index (χ4v) is 1.12. The zero-order chi connectivity index (χ0) is 14.0. The highest BCUT2D eigenvalue weighted by Crippen LogP contribution is 2.12. The lowest BCUT2D eigenvalue weighted by atomic mass is 10.0. The maximum absolute atomic E-state index is 10.8. The van der Waals surface area contributed by atoms with Crippen molar-refractivity contribution < 1.29 is 33.3 Å². The van der Waals surface area contributed by atoms with Crippen LogP contribution in [-0.2, 0) is 19.0 Å². The Labute approximate surface area is 93.0 Å². The molecular formula is C9H18O6. The van der Waals surface area contributed by atoms with Gasteiger partial charge in [-0.15, -0.1) is 0 Å². The normalized spacial score (nSPS) is 21.9. The highest BCUT2D eigenvalue weighted by molar-refractivity contribution is 5.57. The van der Waals surface area contributed by atoms with Gasteiger partial charge in [0.25, 0.3) is 0 Å². The van der Waals surface area contributed by atoms with Gasteiger partial charge in [-0.25, -0.2) is 0 Å². The summed E-state index contributed by atoms with van der Waals surface area (Å²) in [7, 11) is -1.55. The summed E-state index contributed by atoms with van der Waals surface area (Å²) < 4.78 is 35.4. The van der Waals surface area contributed by atoms with Crippen LogP contribution >= 0.6 is 0 Å². The second kappa shape index (κ2) is 7.72. The van der Waals surface area contributed by atoms with Crippen LogP contribution in [0.3, 0.4) is 0 Å². The smallest absolute Gasteiger partial charge is 0.151 e. The first-order valence-corrected chi connectivity index (χ1v) is 4.12. The van der Waals surface area contributed by atoms with E-state index >= 15 is 0 Å². The number of carbonyl (C=O) groups is 1. The van der Waals surface area contributed by atoms with E-state index < -0.39 is 52.3 Å². The molecule has 0 aromatic rings. The fraction of sp³-hybridized carbons (Fsp3) is 0.889. The summed E-state index contributed by atoms with van der Waals surface area (Å²) in [5, 5.41) is 18.4. The van der Waals surface area contributed by atoms with E-state index in [-0.39, 0.29) is 0 Å². The van der Waals surface area contributed by atoms with Crippen molar-refractivity contribution in [3.8, 4) is 0 Å². The summed E-state index contributed by atoms with van der Waals surface area (Å²) in [5.41, 5.74) is 0. The highest BCUT2D eigenvalue weighted by atomic mass is 16.6. The van der Waals surface area contributed by atoms with Crippen molar-refractivity contribution in [2.45, 2.75) is 24.4 Å². The molecule has 0 amide bonds. The summed E-state index contributed by atoms with van der Waals surface area (Å²) in [6, 6.07) is 0. The van der Waals surface area contributed by atoms with Gasteiger partial charge in [0.2, 0.25) is 0 Å². The number of hydrogen-bond donors (Lipinski definition) is 2. The number of rotatable bonds is 8. The number of ether oxygens (including phenoxy) is 3. The van der Waals surface area contributed by atoms with Crippen molar-refractivity contribution >= 4 is 6.29 Å². The predicted octanol–water partition coefficient (Wildman–Crippen LogP) is -1.42. The predicted molar refractivity (Wildman–Crippen MR) is 51.5 cm³/mol. The van der Waals surface area contributed by atoms with Crippen molar-refractivity contribution in [3.63, 3.8) is 0 Å². The van der Waals surface area contributed by atoms with Gasteiger partial charge in [-0.2, -0.15) is 0 Å². The first-order chi connectivity index (χ1) is 8.65. The van der Waals surface area contributed by atoms with Crippen LogP contribution in [-0.4, -0.2) is 68.8 Å². The number of methoxy groups -OCH3 is 3.